The molecule has 0 aliphatic carbocycles. The third kappa shape index (κ3) is 3.37. The van der Waals surface area contributed by atoms with Gasteiger partial charge >= 0.3 is 0 Å². The monoisotopic (exact) mass is 294 g/mol. The normalized spacial score (nSPS) is 26.2. The molecule has 1 aromatic carbocycles. The third-order valence-electron chi connectivity index (χ3n) is 4.94. The van der Waals surface area contributed by atoms with Gasteiger partial charge in [0.2, 0.25) is 0 Å². The standard InChI is InChI=1S/C17H24F2N2/c1-2-20-10-7-15(13-20)14-3-5-16(6-4-14)21-11-8-17(18,19)9-12-21/h3-6,15H,2,7-13H2,1H3. The predicted octanol–water partition coefficient (Wildman–Crippen LogP) is 3.73. The molecule has 2 aliphatic rings. The van der Waals surface area contributed by atoms with Gasteiger partial charge in [-0.25, -0.2) is 8.78 Å². The molecular formula is C17H24F2N2. The number of likely N-dealkylation sites (tertiary alicyclic amines) is 1. The molecule has 2 fully saturated rings. The molecule has 0 spiro atoms. The Morgan fingerprint density at radius 2 is 1.76 bits per heavy atom. The topological polar surface area (TPSA) is 6.48 Å². The molecule has 0 amide bonds. The molecule has 0 saturated carbocycles. The maximum Gasteiger partial charge on any atom is 0.251 e. The molecule has 1 unspecified atom stereocenters. The van der Waals surface area contributed by atoms with Crippen LogP contribution in [-0.4, -0.2) is 43.5 Å². The maximum absolute atomic E-state index is 13.2. The lowest BCUT2D eigenvalue weighted by Gasteiger charge is -2.33. The van der Waals surface area contributed by atoms with Gasteiger partial charge in [0.25, 0.3) is 5.92 Å². The van der Waals surface area contributed by atoms with Crippen molar-refractivity contribution < 1.29 is 8.78 Å². The number of anilines is 1. The van der Waals surface area contributed by atoms with E-state index in [1.807, 2.05) is 0 Å². The molecule has 1 aromatic rings. The fourth-order valence-corrected chi connectivity index (χ4v) is 3.44. The molecule has 21 heavy (non-hydrogen) atoms. The zero-order chi connectivity index (χ0) is 14.9. The van der Waals surface area contributed by atoms with E-state index in [0.717, 1.165) is 18.8 Å². The maximum atomic E-state index is 13.2. The molecule has 0 radical (unpaired) electrons. The summed E-state index contributed by atoms with van der Waals surface area (Å²) in [7, 11) is 0. The number of rotatable bonds is 3. The summed E-state index contributed by atoms with van der Waals surface area (Å²) in [6.45, 7) is 6.57. The van der Waals surface area contributed by atoms with Crippen LogP contribution < -0.4 is 4.90 Å². The van der Waals surface area contributed by atoms with Crippen molar-refractivity contribution in [1.29, 1.82) is 0 Å². The Bertz CT molecular complexity index is 462. The largest absolute Gasteiger partial charge is 0.371 e. The number of benzene rings is 1. The van der Waals surface area contributed by atoms with Crippen molar-refractivity contribution >= 4 is 5.69 Å². The number of hydrogen-bond donors (Lipinski definition) is 0. The highest BCUT2D eigenvalue weighted by atomic mass is 19.3. The van der Waals surface area contributed by atoms with Gasteiger partial charge in [-0.3, -0.25) is 0 Å². The van der Waals surface area contributed by atoms with Gasteiger partial charge in [-0.05, 0) is 43.1 Å². The van der Waals surface area contributed by atoms with Gasteiger partial charge in [-0.15, -0.1) is 0 Å². The zero-order valence-electron chi connectivity index (χ0n) is 12.7. The third-order valence-corrected chi connectivity index (χ3v) is 4.94. The molecule has 2 heterocycles. The molecule has 2 nitrogen and oxygen atoms in total. The molecule has 0 aromatic heterocycles. The molecule has 4 heteroatoms. The number of alkyl halides is 2. The van der Waals surface area contributed by atoms with Crippen LogP contribution >= 0.6 is 0 Å². The highest BCUT2D eigenvalue weighted by Gasteiger charge is 2.34. The van der Waals surface area contributed by atoms with Crippen molar-refractivity contribution in [2.75, 3.05) is 37.6 Å². The van der Waals surface area contributed by atoms with Crippen molar-refractivity contribution in [2.45, 2.75) is 38.0 Å². The van der Waals surface area contributed by atoms with E-state index in [4.69, 9.17) is 0 Å². The minimum absolute atomic E-state index is 0.0250. The summed E-state index contributed by atoms with van der Waals surface area (Å²) in [5.74, 6) is -1.84. The number of halogens is 2. The van der Waals surface area contributed by atoms with Crippen LogP contribution in [-0.2, 0) is 0 Å². The summed E-state index contributed by atoms with van der Waals surface area (Å²) >= 11 is 0. The van der Waals surface area contributed by atoms with Crippen LogP contribution in [0.3, 0.4) is 0 Å². The quantitative estimate of drug-likeness (QED) is 0.838. The van der Waals surface area contributed by atoms with Crippen LogP contribution in [0.25, 0.3) is 0 Å². The van der Waals surface area contributed by atoms with E-state index in [1.165, 1.54) is 18.5 Å². The number of hydrogen-bond acceptors (Lipinski definition) is 2. The molecule has 2 saturated heterocycles. The lowest BCUT2D eigenvalue weighted by atomic mass is 9.97. The average Bonchev–Trinajstić information content (AvgIpc) is 2.96. The lowest BCUT2D eigenvalue weighted by Crippen LogP contribution is -2.39. The Labute approximate surface area is 125 Å². The van der Waals surface area contributed by atoms with Gasteiger partial charge in [0.15, 0.2) is 0 Å². The summed E-state index contributed by atoms with van der Waals surface area (Å²) in [5.41, 5.74) is 2.47. The van der Waals surface area contributed by atoms with Gasteiger partial charge in [0.1, 0.15) is 0 Å². The number of nitrogens with zero attached hydrogens (tertiary/aromatic N) is 2. The van der Waals surface area contributed by atoms with Gasteiger partial charge < -0.3 is 9.80 Å². The average molecular weight is 294 g/mol. The van der Waals surface area contributed by atoms with Crippen molar-refractivity contribution in [2.24, 2.45) is 0 Å². The summed E-state index contributed by atoms with van der Waals surface area (Å²) in [6.07, 6.45) is 1.18. The molecule has 2 aliphatic heterocycles. The van der Waals surface area contributed by atoms with E-state index in [0.29, 0.717) is 19.0 Å². The predicted molar refractivity (Wildman–Crippen MR) is 82.3 cm³/mol. The fraction of sp³-hybridized carbons (Fsp3) is 0.647. The van der Waals surface area contributed by atoms with Gasteiger partial charge in [-0.2, -0.15) is 0 Å². The second-order valence-electron chi connectivity index (χ2n) is 6.31. The van der Waals surface area contributed by atoms with Crippen molar-refractivity contribution in [3.05, 3.63) is 29.8 Å². The lowest BCUT2D eigenvalue weighted by molar-refractivity contribution is -0.0220. The molecule has 3 rings (SSSR count). The first-order valence-electron chi connectivity index (χ1n) is 8.02. The highest BCUT2D eigenvalue weighted by Crippen LogP contribution is 2.32. The first-order valence-corrected chi connectivity index (χ1v) is 8.02. The Morgan fingerprint density at radius 3 is 2.33 bits per heavy atom. The van der Waals surface area contributed by atoms with Crippen LogP contribution in [0.15, 0.2) is 24.3 Å². The second-order valence-corrected chi connectivity index (χ2v) is 6.31. The Kier molecular flexibility index (Phi) is 4.16. The van der Waals surface area contributed by atoms with Crippen LogP contribution in [0.1, 0.15) is 37.7 Å². The van der Waals surface area contributed by atoms with Crippen LogP contribution in [0.2, 0.25) is 0 Å². The molecule has 0 N–H and O–H groups in total. The van der Waals surface area contributed by atoms with Crippen molar-refractivity contribution in [1.82, 2.24) is 4.90 Å². The van der Waals surface area contributed by atoms with Crippen LogP contribution in [0, 0.1) is 0 Å². The van der Waals surface area contributed by atoms with Gasteiger partial charge in [-0.1, -0.05) is 19.1 Å². The Morgan fingerprint density at radius 1 is 1.10 bits per heavy atom. The number of piperidine rings is 1. The minimum atomic E-state index is -2.47. The van der Waals surface area contributed by atoms with Crippen molar-refractivity contribution in [3.8, 4) is 0 Å². The smallest absolute Gasteiger partial charge is 0.251 e. The summed E-state index contributed by atoms with van der Waals surface area (Å²) in [6, 6.07) is 8.58. The van der Waals surface area contributed by atoms with Gasteiger partial charge in [0.05, 0.1) is 0 Å². The first kappa shape index (κ1) is 14.8. The molecule has 1 atom stereocenters. The number of likely N-dealkylation sites (N-methyl/N-ethyl adjacent to an activating group) is 1. The highest BCUT2D eigenvalue weighted by molar-refractivity contribution is 5.48. The fourth-order valence-electron chi connectivity index (χ4n) is 3.44. The van der Waals surface area contributed by atoms with Crippen LogP contribution in [0.5, 0.6) is 0 Å². The summed E-state index contributed by atoms with van der Waals surface area (Å²) < 4.78 is 26.4. The van der Waals surface area contributed by atoms with Crippen molar-refractivity contribution in [3.63, 3.8) is 0 Å². The first-order chi connectivity index (χ1) is 10.1. The summed E-state index contributed by atoms with van der Waals surface area (Å²) in [4.78, 5) is 4.56. The Balaban J connectivity index is 1.62. The molecule has 116 valence electrons. The van der Waals surface area contributed by atoms with E-state index < -0.39 is 5.92 Å². The van der Waals surface area contributed by atoms with E-state index in [-0.39, 0.29) is 12.8 Å². The SMILES string of the molecule is CCN1CCC(c2ccc(N3CCC(F)(F)CC3)cc2)C1. The zero-order valence-corrected chi connectivity index (χ0v) is 12.7. The molecular weight excluding hydrogens is 270 g/mol. The summed E-state index contributed by atoms with van der Waals surface area (Å²) in [5, 5.41) is 0. The van der Waals surface area contributed by atoms with E-state index in [9.17, 15) is 8.78 Å². The Hall–Kier alpha value is -1.16. The molecule has 0 bridgehead atoms. The second kappa shape index (κ2) is 5.91. The van der Waals surface area contributed by atoms with Crippen LogP contribution in [0.4, 0.5) is 14.5 Å². The van der Waals surface area contributed by atoms with E-state index >= 15 is 0 Å². The van der Waals surface area contributed by atoms with E-state index in [2.05, 4.69) is 41.0 Å². The minimum Gasteiger partial charge on any atom is -0.371 e. The van der Waals surface area contributed by atoms with Gasteiger partial charge in [0, 0.05) is 38.2 Å². The van der Waals surface area contributed by atoms with E-state index in [1.54, 1.807) is 0 Å².